The van der Waals surface area contributed by atoms with Crippen molar-refractivity contribution in [1.82, 2.24) is 9.80 Å². The van der Waals surface area contributed by atoms with Crippen molar-refractivity contribution in [2.75, 3.05) is 25.4 Å². The zero-order chi connectivity index (χ0) is 18.1. The summed E-state index contributed by atoms with van der Waals surface area (Å²) in [7, 11) is 0. The van der Waals surface area contributed by atoms with E-state index in [-0.39, 0.29) is 18.0 Å². The van der Waals surface area contributed by atoms with Crippen molar-refractivity contribution < 1.29 is 14.3 Å². The summed E-state index contributed by atoms with van der Waals surface area (Å²) in [6.45, 7) is 8.68. The lowest BCUT2D eigenvalue weighted by molar-refractivity contribution is 0.00198. The zero-order valence-electron chi connectivity index (χ0n) is 14.5. The first kappa shape index (κ1) is 18.4. The third-order valence-electron chi connectivity index (χ3n) is 3.77. The smallest absolute Gasteiger partial charge is 0.410 e. The van der Waals surface area contributed by atoms with E-state index in [1.165, 1.54) is 0 Å². The first-order chi connectivity index (χ1) is 11.1. The molecule has 0 aliphatic carbocycles. The monoisotopic (exact) mass is 353 g/mol. The molecule has 6 nitrogen and oxygen atoms in total. The summed E-state index contributed by atoms with van der Waals surface area (Å²) >= 11 is 6.12. The number of carbonyl (C=O) groups excluding carboxylic acids is 2. The molecular weight excluding hydrogens is 330 g/mol. The summed E-state index contributed by atoms with van der Waals surface area (Å²) in [6, 6.07) is 4.71. The highest BCUT2D eigenvalue weighted by atomic mass is 35.5. The molecule has 1 aromatic rings. The van der Waals surface area contributed by atoms with Crippen molar-refractivity contribution >= 4 is 29.3 Å². The quantitative estimate of drug-likeness (QED) is 0.787. The fraction of sp³-hybridized carbons (Fsp3) is 0.529. The van der Waals surface area contributed by atoms with Gasteiger partial charge in [-0.25, -0.2) is 4.79 Å². The van der Waals surface area contributed by atoms with E-state index < -0.39 is 5.60 Å². The molecule has 2 amide bonds. The molecule has 1 aromatic carbocycles. The van der Waals surface area contributed by atoms with E-state index >= 15 is 0 Å². The number of anilines is 1. The van der Waals surface area contributed by atoms with Crippen LogP contribution in [0.15, 0.2) is 18.2 Å². The minimum atomic E-state index is -0.540. The largest absolute Gasteiger partial charge is 0.444 e. The van der Waals surface area contributed by atoms with Gasteiger partial charge in [-0.15, -0.1) is 0 Å². The molecule has 0 bridgehead atoms. The first-order valence-corrected chi connectivity index (χ1v) is 8.30. The topological polar surface area (TPSA) is 75.9 Å². The molecule has 24 heavy (non-hydrogen) atoms. The number of nitrogens with zero attached hydrogens (tertiary/aromatic N) is 2. The van der Waals surface area contributed by atoms with Gasteiger partial charge >= 0.3 is 6.09 Å². The van der Waals surface area contributed by atoms with E-state index in [1.807, 2.05) is 27.7 Å². The number of benzene rings is 1. The maximum Gasteiger partial charge on any atom is 0.410 e. The molecule has 1 atom stereocenters. The Balaban J connectivity index is 2.05. The van der Waals surface area contributed by atoms with Crippen molar-refractivity contribution in [2.24, 2.45) is 0 Å². The number of nitrogens with two attached hydrogens (primary N) is 1. The second-order valence-electron chi connectivity index (χ2n) is 7.01. The second kappa shape index (κ2) is 6.89. The molecule has 7 heteroatoms. The SMILES string of the molecule is C[C@@H]1CN(C(=O)c2ccc(N)cc2Cl)CCN1C(=O)OC(C)(C)C. The van der Waals surface area contributed by atoms with Gasteiger partial charge in [-0.05, 0) is 45.9 Å². The van der Waals surface area contributed by atoms with E-state index in [4.69, 9.17) is 22.1 Å². The number of nitrogen functional groups attached to an aromatic ring is 1. The predicted octanol–water partition coefficient (Wildman–Crippen LogP) is 3.00. The lowest BCUT2D eigenvalue weighted by Crippen LogP contribution is -2.56. The predicted molar refractivity (Wildman–Crippen MR) is 94.2 cm³/mol. The Kier molecular flexibility index (Phi) is 5.28. The van der Waals surface area contributed by atoms with Crippen molar-refractivity contribution in [2.45, 2.75) is 39.3 Å². The molecule has 1 saturated heterocycles. The van der Waals surface area contributed by atoms with Crippen LogP contribution in [0, 0.1) is 0 Å². The molecule has 0 aromatic heterocycles. The van der Waals surface area contributed by atoms with Gasteiger partial charge in [0.1, 0.15) is 5.60 Å². The van der Waals surface area contributed by atoms with Gasteiger partial charge in [-0.1, -0.05) is 11.6 Å². The Hall–Kier alpha value is -1.95. The Morgan fingerprint density at radius 2 is 1.96 bits per heavy atom. The Morgan fingerprint density at radius 1 is 1.29 bits per heavy atom. The molecule has 2 N–H and O–H groups in total. The lowest BCUT2D eigenvalue weighted by atomic mass is 10.1. The summed E-state index contributed by atoms with van der Waals surface area (Å²) in [5.41, 5.74) is 6.06. The summed E-state index contributed by atoms with van der Waals surface area (Å²) in [6.07, 6.45) is -0.354. The Bertz CT molecular complexity index is 642. The van der Waals surface area contributed by atoms with Crippen LogP contribution in [-0.2, 0) is 4.74 Å². The number of ether oxygens (including phenoxy) is 1. The third-order valence-corrected chi connectivity index (χ3v) is 4.08. The molecule has 0 spiro atoms. The van der Waals surface area contributed by atoms with Gasteiger partial charge in [0.15, 0.2) is 0 Å². The minimum absolute atomic E-state index is 0.134. The summed E-state index contributed by atoms with van der Waals surface area (Å²) in [5.74, 6) is -0.157. The molecule has 0 radical (unpaired) electrons. The summed E-state index contributed by atoms with van der Waals surface area (Å²) in [5, 5.41) is 0.335. The molecule has 1 aliphatic rings. The lowest BCUT2D eigenvalue weighted by Gasteiger charge is -2.40. The van der Waals surface area contributed by atoms with E-state index in [1.54, 1.807) is 28.0 Å². The summed E-state index contributed by atoms with van der Waals surface area (Å²) in [4.78, 5) is 28.2. The van der Waals surface area contributed by atoms with Gasteiger partial charge in [-0.3, -0.25) is 4.79 Å². The van der Waals surface area contributed by atoms with E-state index in [0.29, 0.717) is 35.9 Å². The number of hydrogen-bond acceptors (Lipinski definition) is 4. The first-order valence-electron chi connectivity index (χ1n) is 7.92. The van der Waals surface area contributed by atoms with Gasteiger partial charge in [0.05, 0.1) is 10.6 Å². The highest BCUT2D eigenvalue weighted by Crippen LogP contribution is 2.23. The van der Waals surface area contributed by atoms with Gasteiger partial charge in [0.2, 0.25) is 0 Å². The van der Waals surface area contributed by atoms with Gasteiger partial charge in [-0.2, -0.15) is 0 Å². The zero-order valence-corrected chi connectivity index (χ0v) is 15.3. The van der Waals surface area contributed by atoms with Crippen LogP contribution in [0.1, 0.15) is 38.1 Å². The molecule has 0 saturated carbocycles. The fourth-order valence-corrected chi connectivity index (χ4v) is 2.88. The maximum atomic E-state index is 12.6. The third kappa shape index (κ3) is 4.32. The van der Waals surface area contributed by atoms with Crippen LogP contribution in [0.3, 0.4) is 0 Å². The average molecular weight is 354 g/mol. The highest BCUT2D eigenvalue weighted by molar-refractivity contribution is 6.34. The molecule has 1 aliphatic heterocycles. The molecule has 1 heterocycles. The van der Waals surface area contributed by atoms with E-state index in [2.05, 4.69) is 0 Å². The average Bonchev–Trinajstić information content (AvgIpc) is 2.44. The van der Waals surface area contributed by atoms with Crippen molar-refractivity contribution in [3.05, 3.63) is 28.8 Å². The number of rotatable bonds is 1. The standard InChI is InChI=1S/C17H24ClN3O3/c1-11-10-20(7-8-21(11)16(23)24-17(2,3)4)15(22)13-6-5-12(19)9-14(13)18/h5-6,9,11H,7-8,10,19H2,1-4H3/t11-/m1/s1. The minimum Gasteiger partial charge on any atom is -0.444 e. The van der Waals surface area contributed by atoms with Crippen LogP contribution in [0.4, 0.5) is 10.5 Å². The Morgan fingerprint density at radius 3 is 2.50 bits per heavy atom. The molecule has 132 valence electrons. The second-order valence-corrected chi connectivity index (χ2v) is 7.42. The van der Waals surface area contributed by atoms with Gasteiger partial charge < -0.3 is 20.3 Å². The number of piperazine rings is 1. The molecule has 0 unspecified atom stereocenters. The number of carbonyl (C=O) groups is 2. The van der Waals surface area contributed by atoms with Crippen LogP contribution in [0.25, 0.3) is 0 Å². The van der Waals surface area contributed by atoms with Crippen LogP contribution in [0.5, 0.6) is 0 Å². The van der Waals surface area contributed by atoms with Crippen molar-refractivity contribution in [1.29, 1.82) is 0 Å². The fourth-order valence-electron chi connectivity index (χ4n) is 2.61. The van der Waals surface area contributed by atoms with Crippen LogP contribution in [0.2, 0.25) is 5.02 Å². The normalized spacial score (nSPS) is 18.5. The van der Waals surface area contributed by atoms with E-state index in [0.717, 1.165) is 0 Å². The van der Waals surface area contributed by atoms with Crippen molar-refractivity contribution in [3.63, 3.8) is 0 Å². The van der Waals surface area contributed by atoms with Gasteiger partial charge in [0, 0.05) is 31.4 Å². The molecular formula is C17H24ClN3O3. The molecule has 1 fully saturated rings. The maximum absolute atomic E-state index is 12.6. The van der Waals surface area contributed by atoms with Crippen molar-refractivity contribution in [3.8, 4) is 0 Å². The number of amides is 2. The van der Waals surface area contributed by atoms with Gasteiger partial charge in [0.25, 0.3) is 5.91 Å². The number of hydrogen-bond donors (Lipinski definition) is 1. The number of halogens is 1. The van der Waals surface area contributed by atoms with Crippen LogP contribution in [-0.4, -0.2) is 53.1 Å². The molecule has 2 rings (SSSR count). The van der Waals surface area contributed by atoms with Crippen LogP contribution >= 0.6 is 11.6 Å². The van der Waals surface area contributed by atoms with Crippen LogP contribution < -0.4 is 5.73 Å². The summed E-state index contributed by atoms with van der Waals surface area (Å²) < 4.78 is 5.41. The van der Waals surface area contributed by atoms with E-state index in [9.17, 15) is 9.59 Å². The Labute approximate surface area is 147 Å². The highest BCUT2D eigenvalue weighted by Gasteiger charge is 2.33.